The Bertz CT molecular complexity index is 834. The number of ether oxygens (including phenoxy) is 1. The van der Waals surface area contributed by atoms with Gasteiger partial charge in [-0.3, -0.25) is 4.79 Å². The number of rotatable bonds is 8. The number of hydrogen-bond donors (Lipinski definition) is 2. The molecule has 6 heteroatoms. The minimum Gasteiger partial charge on any atom is -0.496 e. The average molecular weight is 416 g/mol. The molecule has 2 aromatic rings. The molecule has 1 heterocycles. The maximum atomic E-state index is 13.2. The van der Waals surface area contributed by atoms with E-state index in [1.54, 1.807) is 24.1 Å². The van der Waals surface area contributed by atoms with Gasteiger partial charge in [0.15, 0.2) is 0 Å². The highest BCUT2D eigenvalue weighted by atomic mass is 35.5. The van der Waals surface area contributed by atoms with Crippen LogP contribution in [-0.2, 0) is 0 Å². The van der Waals surface area contributed by atoms with Crippen LogP contribution < -0.4 is 15.0 Å². The molecule has 1 fully saturated rings. The Kier molecular flexibility index (Phi) is 8.11. The van der Waals surface area contributed by atoms with Gasteiger partial charge in [0.2, 0.25) is 0 Å². The molecule has 0 atom stereocenters. The maximum absolute atomic E-state index is 13.2. The molecular weight excluding hydrogens is 386 g/mol. The predicted octanol–water partition coefficient (Wildman–Crippen LogP) is 0.966. The number of quaternary nitrogens is 2. The van der Waals surface area contributed by atoms with Crippen LogP contribution in [0.5, 0.6) is 5.75 Å². The van der Waals surface area contributed by atoms with Gasteiger partial charge in [-0.05, 0) is 18.2 Å². The van der Waals surface area contributed by atoms with Crippen molar-refractivity contribution in [3.63, 3.8) is 0 Å². The zero-order chi connectivity index (χ0) is 20.5. The van der Waals surface area contributed by atoms with Crippen molar-refractivity contribution in [2.45, 2.75) is 0 Å². The lowest BCUT2D eigenvalue weighted by Crippen LogP contribution is -3.20. The second kappa shape index (κ2) is 11.0. The molecule has 29 heavy (non-hydrogen) atoms. The highest BCUT2D eigenvalue weighted by Gasteiger charge is 2.21. The van der Waals surface area contributed by atoms with Crippen LogP contribution in [-0.4, -0.2) is 63.7 Å². The summed E-state index contributed by atoms with van der Waals surface area (Å²) in [5.41, 5.74) is 1.55. The standard InChI is InChI=1S/C23H28ClN3O2/c1-29-22-11-5-2-7-19(22)8-6-14-27(18-17-26-15-12-25-13-16-26)23(28)20-9-3-4-10-21(20)24/h2-11,25H,12-18H2,1H3/p+2/b8-6+. The summed E-state index contributed by atoms with van der Waals surface area (Å²) in [6, 6.07) is 15.1. The lowest BCUT2D eigenvalue weighted by Gasteiger charge is -2.27. The van der Waals surface area contributed by atoms with Crippen molar-refractivity contribution < 1.29 is 19.7 Å². The quantitative estimate of drug-likeness (QED) is 0.675. The molecule has 3 N–H and O–H groups in total. The van der Waals surface area contributed by atoms with Crippen molar-refractivity contribution in [1.82, 2.24) is 4.90 Å². The van der Waals surface area contributed by atoms with E-state index in [2.05, 4.69) is 5.32 Å². The molecule has 5 nitrogen and oxygen atoms in total. The normalized spacial score (nSPS) is 14.8. The molecular formula is C23H30ClN3O2+2. The number of benzene rings is 2. The molecule has 1 amide bonds. The number of carbonyl (C=O) groups excluding carboxylic acids is 1. The summed E-state index contributed by atoms with van der Waals surface area (Å²) in [4.78, 5) is 16.6. The van der Waals surface area contributed by atoms with Crippen LogP contribution >= 0.6 is 11.6 Å². The zero-order valence-corrected chi connectivity index (χ0v) is 17.7. The van der Waals surface area contributed by atoms with E-state index in [1.165, 1.54) is 0 Å². The van der Waals surface area contributed by atoms with Gasteiger partial charge in [-0.15, -0.1) is 0 Å². The number of nitrogens with one attached hydrogen (secondary N) is 1. The van der Waals surface area contributed by atoms with Gasteiger partial charge in [0, 0.05) is 12.1 Å². The van der Waals surface area contributed by atoms with Crippen LogP contribution in [0.25, 0.3) is 6.08 Å². The molecule has 0 spiro atoms. The van der Waals surface area contributed by atoms with Gasteiger partial charge in [0.25, 0.3) is 5.91 Å². The highest BCUT2D eigenvalue weighted by Crippen LogP contribution is 2.19. The minimum atomic E-state index is -0.0248. The first-order chi connectivity index (χ1) is 14.2. The van der Waals surface area contributed by atoms with E-state index in [4.69, 9.17) is 16.3 Å². The van der Waals surface area contributed by atoms with E-state index < -0.39 is 0 Å². The SMILES string of the molecule is COc1ccccc1/C=C/CN(CC[NH+]1CC[NH2+]CC1)C(=O)c1ccccc1Cl. The highest BCUT2D eigenvalue weighted by molar-refractivity contribution is 6.33. The third-order valence-electron chi connectivity index (χ3n) is 5.29. The van der Waals surface area contributed by atoms with E-state index in [9.17, 15) is 4.79 Å². The number of nitrogens with zero attached hydrogens (tertiary/aromatic N) is 1. The van der Waals surface area contributed by atoms with Crippen LogP contribution in [0, 0.1) is 0 Å². The Hall–Kier alpha value is -2.34. The monoisotopic (exact) mass is 415 g/mol. The van der Waals surface area contributed by atoms with Crippen molar-refractivity contribution in [2.24, 2.45) is 0 Å². The fourth-order valence-corrected chi connectivity index (χ4v) is 3.83. The number of halogens is 1. The third-order valence-corrected chi connectivity index (χ3v) is 5.62. The van der Waals surface area contributed by atoms with E-state index >= 15 is 0 Å². The Balaban J connectivity index is 1.71. The summed E-state index contributed by atoms with van der Waals surface area (Å²) in [5.74, 6) is 0.796. The van der Waals surface area contributed by atoms with Crippen LogP contribution in [0.2, 0.25) is 5.02 Å². The van der Waals surface area contributed by atoms with Crippen molar-refractivity contribution in [1.29, 1.82) is 0 Å². The summed E-state index contributed by atoms with van der Waals surface area (Å²) in [6.45, 7) is 6.78. The smallest absolute Gasteiger partial charge is 0.255 e. The van der Waals surface area contributed by atoms with Crippen LogP contribution in [0.1, 0.15) is 15.9 Å². The number of hydrogen-bond acceptors (Lipinski definition) is 2. The topological polar surface area (TPSA) is 50.6 Å². The zero-order valence-electron chi connectivity index (χ0n) is 16.9. The molecule has 154 valence electrons. The molecule has 2 aromatic carbocycles. The summed E-state index contributed by atoms with van der Waals surface area (Å²) in [5, 5.41) is 2.85. The van der Waals surface area contributed by atoms with Gasteiger partial charge in [-0.1, -0.05) is 54.1 Å². The number of nitrogens with two attached hydrogens (primary N) is 1. The Morgan fingerprint density at radius 2 is 1.90 bits per heavy atom. The van der Waals surface area contributed by atoms with Crippen molar-refractivity contribution in [3.8, 4) is 5.75 Å². The molecule has 0 aromatic heterocycles. The lowest BCUT2D eigenvalue weighted by molar-refractivity contribution is -0.946. The molecule has 0 unspecified atom stereocenters. The molecule has 1 saturated heterocycles. The lowest BCUT2D eigenvalue weighted by atomic mass is 10.1. The number of amides is 1. The summed E-state index contributed by atoms with van der Waals surface area (Å²) in [7, 11) is 1.67. The molecule has 0 saturated carbocycles. The molecule has 1 aliphatic rings. The van der Waals surface area contributed by atoms with Gasteiger partial charge in [0.05, 0.1) is 30.8 Å². The fourth-order valence-electron chi connectivity index (χ4n) is 3.62. The molecule has 0 radical (unpaired) electrons. The number of carbonyl (C=O) groups is 1. The Labute approximate surface area is 177 Å². The van der Waals surface area contributed by atoms with E-state index in [0.29, 0.717) is 23.7 Å². The summed E-state index contributed by atoms with van der Waals surface area (Å²) in [6.07, 6.45) is 4.03. The molecule has 3 rings (SSSR count). The van der Waals surface area contributed by atoms with Crippen molar-refractivity contribution in [2.75, 3.05) is 52.9 Å². The summed E-state index contributed by atoms with van der Waals surface area (Å²) >= 11 is 6.29. The first kappa shape index (κ1) is 21.4. The van der Waals surface area contributed by atoms with Gasteiger partial charge < -0.3 is 19.9 Å². The fraction of sp³-hybridized carbons (Fsp3) is 0.348. The van der Waals surface area contributed by atoms with E-state index in [1.807, 2.05) is 53.5 Å². The van der Waals surface area contributed by atoms with Crippen molar-refractivity contribution in [3.05, 3.63) is 70.8 Å². The molecule has 1 aliphatic heterocycles. The number of methoxy groups -OCH3 is 1. The largest absolute Gasteiger partial charge is 0.496 e. The second-order valence-corrected chi connectivity index (χ2v) is 7.65. The van der Waals surface area contributed by atoms with Crippen LogP contribution in [0.3, 0.4) is 0 Å². The minimum absolute atomic E-state index is 0.0248. The van der Waals surface area contributed by atoms with Crippen LogP contribution in [0.4, 0.5) is 0 Å². The van der Waals surface area contributed by atoms with E-state index in [0.717, 1.165) is 44.0 Å². The van der Waals surface area contributed by atoms with E-state index in [-0.39, 0.29) is 5.91 Å². The van der Waals surface area contributed by atoms with Gasteiger partial charge in [-0.2, -0.15) is 0 Å². The first-order valence-corrected chi connectivity index (χ1v) is 10.6. The Morgan fingerprint density at radius 1 is 1.17 bits per heavy atom. The molecule has 0 bridgehead atoms. The van der Waals surface area contributed by atoms with Gasteiger partial charge in [-0.25, -0.2) is 0 Å². The van der Waals surface area contributed by atoms with Gasteiger partial charge in [0.1, 0.15) is 31.9 Å². The number of piperazine rings is 1. The summed E-state index contributed by atoms with van der Waals surface area (Å²) < 4.78 is 5.41. The second-order valence-electron chi connectivity index (χ2n) is 7.24. The van der Waals surface area contributed by atoms with Gasteiger partial charge >= 0.3 is 0 Å². The predicted molar refractivity (Wildman–Crippen MR) is 117 cm³/mol. The third kappa shape index (κ3) is 6.07. The maximum Gasteiger partial charge on any atom is 0.255 e. The average Bonchev–Trinajstić information content (AvgIpc) is 2.77. The molecule has 0 aliphatic carbocycles. The number of para-hydroxylation sites is 1. The van der Waals surface area contributed by atoms with Crippen LogP contribution in [0.15, 0.2) is 54.6 Å². The van der Waals surface area contributed by atoms with Crippen molar-refractivity contribution >= 4 is 23.6 Å². The first-order valence-electron chi connectivity index (χ1n) is 10.2. The Morgan fingerprint density at radius 3 is 2.66 bits per heavy atom.